The molecule has 0 amide bonds. The third kappa shape index (κ3) is 1.91. The molecule has 16 heavy (non-hydrogen) atoms. The first-order valence-electron chi connectivity index (χ1n) is 4.73. The van der Waals surface area contributed by atoms with Crippen molar-refractivity contribution < 1.29 is 9.15 Å². The Kier molecular flexibility index (Phi) is 2.64. The average Bonchev–Trinajstić information content (AvgIpc) is 2.58. The Morgan fingerprint density at radius 2 is 2.19 bits per heavy atom. The number of nitrogens with one attached hydrogen (secondary N) is 1. The number of para-hydroxylation sites is 1. The summed E-state index contributed by atoms with van der Waals surface area (Å²) in [4.78, 5) is 14.1. The molecule has 82 valence electrons. The molecule has 4 nitrogen and oxygen atoms in total. The minimum absolute atomic E-state index is 0.242. The molecule has 1 N–H and O–H groups in total. The molecule has 2 aromatic rings. The lowest BCUT2D eigenvalue weighted by molar-refractivity contribution is 0.414. The predicted octanol–water partition coefficient (Wildman–Crippen LogP) is 0.216. The lowest BCUT2D eigenvalue weighted by Gasteiger charge is -2.02. The van der Waals surface area contributed by atoms with Gasteiger partial charge in [0.2, 0.25) is 0 Å². The summed E-state index contributed by atoms with van der Waals surface area (Å²) < 4.78 is 9.94. The van der Waals surface area contributed by atoms with E-state index in [0.717, 1.165) is 5.56 Å². The van der Waals surface area contributed by atoms with Gasteiger partial charge >= 0.3 is 5.63 Å². The first kappa shape index (κ1) is 10.3. The number of aromatic amines is 1. The van der Waals surface area contributed by atoms with Gasteiger partial charge in [-0.25, -0.2) is 4.79 Å². The van der Waals surface area contributed by atoms with Crippen LogP contribution in [-0.2, 0) is 0 Å². The van der Waals surface area contributed by atoms with Crippen molar-refractivity contribution in [3.8, 4) is 5.75 Å². The molecule has 0 saturated carbocycles. The first-order chi connectivity index (χ1) is 7.70. The lowest BCUT2D eigenvalue weighted by Crippen LogP contribution is -2.21. The Bertz CT molecular complexity index is 651. The number of benzene rings is 1. The Labute approximate surface area is 91.5 Å². The van der Waals surface area contributed by atoms with E-state index in [1.807, 2.05) is 24.3 Å². The third-order valence-electron chi connectivity index (χ3n) is 2.15. The van der Waals surface area contributed by atoms with Crippen molar-refractivity contribution in [2.24, 2.45) is 0 Å². The van der Waals surface area contributed by atoms with Crippen LogP contribution >= 0.6 is 0 Å². The fourth-order valence-electron chi connectivity index (χ4n) is 1.43. The molecule has 0 saturated heterocycles. The van der Waals surface area contributed by atoms with E-state index in [1.54, 1.807) is 13.2 Å². The molecule has 1 heterocycles. The van der Waals surface area contributed by atoms with E-state index in [-0.39, 0.29) is 5.55 Å². The smallest absolute Gasteiger partial charge is 0.361 e. The molecule has 0 radical (unpaired) electrons. The van der Waals surface area contributed by atoms with E-state index in [4.69, 9.17) is 9.15 Å². The number of ether oxygens (including phenoxy) is 1. The lowest BCUT2D eigenvalue weighted by atomic mass is 10.2. The topological polar surface area (TPSA) is 55.2 Å². The first-order valence-corrected chi connectivity index (χ1v) is 4.73. The van der Waals surface area contributed by atoms with Gasteiger partial charge < -0.3 is 14.1 Å². The molecule has 0 fully saturated rings. The molecular formula is C12H11NO3. The molecule has 0 atom stereocenters. The van der Waals surface area contributed by atoms with Crippen molar-refractivity contribution in [2.45, 2.75) is 0 Å². The van der Waals surface area contributed by atoms with Gasteiger partial charge in [0.25, 0.3) is 0 Å². The van der Waals surface area contributed by atoms with Gasteiger partial charge in [-0.1, -0.05) is 18.2 Å². The zero-order chi connectivity index (χ0) is 11.5. The van der Waals surface area contributed by atoms with Crippen molar-refractivity contribution in [3.63, 3.8) is 0 Å². The van der Waals surface area contributed by atoms with Gasteiger partial charge in [0.15, 0.2) is 5.55 Å². The van der Waals surface area contributed by atoms with Gasteiger partial charge in [-0.05, 0) is 18.7 Å². The van der Waals surface area contributed by atoms with Crippen LogP contribution < -0.4 is 21.3 Å². The standard InChI is InChI=1S/C12H11NO3/c1-8-13-10(12(14)16-8)7-9-5-3-4-6-11(9)15-2/h3-7,13H,1H2,2H3. The Morgan fingerprint density at radius 3 is 2.81 bits per heavy atom. The van der Waals surface area contributed by atoms with Gasteiger partial charge in [-0.3, -0.25) is 0 Å². The largest absolute Gasteiger partial charge is 0.496 e. The van der Waals surface area contributed by atoms with E-state index >= 15 is 0 Å². The minimum Gasteiger partial charge on any atom is -0.496 e. The second kappa shape index (κ2) is 4.10. The van der Waals surface area contributed by atoms with Gasteiger partial charge in [0.1, 0.15) is 11.1 Å². The summed E-state index contributed by atoms with van der Waals surface area (Å²) in [6, 6.07) is 7.40. The van der Waals surface area contributed by atoms with Crippen molar-refractivity contribution in [1.82, 2.24) is 4.98 Å². The van der Waals surface area contributed by atoms with Crippen LogP contribution in [0.15, 0.2) is 33.5 Å². The van der Waals surface area contributed by atoms with Crippen LogP contribution in [0.3, 0.4) is 0 Å². The monoisotopic (exact) mass is 217 g/mol. The third-order valence-corrected chi connectivity index (χ3v) is 2.15. The van der Waals surface area contributed by atoms with Crippen molar-refractivity contribution in [2.75, 3.05) is 7.11 Å². The summed E-state index contributed by atoms with van der Waals surface area (Å²) in [6.07, 6.45) is 1.67. The molecular weight excluding hydrogens is 206 g/mol. The SMILES string of the molecule is C=c1[nH]c(=Cc2ccccc2OC)c(=O)o1. The van der Waals surface area contributed by atoms with Crippen LogP contribution in [0.1, 0.15) is 5.56 Å². The zero-order valence-electron chi connectivity index (χ0n) is 8.82. The number of rotatable bonds is 2. The maximum Gasteiger partial charge on any atom is 0.361 e. The fourth-order valence-corrected chi connectivity index (χ4v) is 1.43. The second-order valence-corrected chi connectivity index (χ2v) is 3.24. The Hall–Kier alpha value is -2.23. The number of oxazole rings is 1. The normalized spacial score (nSPS) is 11.7. The van der Waals surface area contributed by atoms with E-state index < -0.39 is 5.63 Å². The summed E-state index contributed by atoms with van der Waals surface area (Å²) >= 11 is 0. The van der Waals surface area contributed by atoms with Crippen molar-refractivity contribution in [1.29, 1.82) is 0 Å². The number of methoxy groups -OCH3 is 1. The van der Waals surface area contributed by atoms with Gasteiger partial charge in [-0.2, -0.15) is 0 Å². The average molecular weight is 217 g/mol. The van der Waals surface area contributed by atoms with Crippen molar-refractivity contribution >= 4 is 12.7 Å². The number of hydrogen-bond donors (Lipinski definition) is 1. The number of hydrogen-bond acceptors (Lipinski definition) is 3. The van der Waals surface area contributed by atoms with E-state index in [2.05, 4.69) is 11.6 Å². The van der Waals surface area contributed by atoms with Crippen molar-refractivity contribution in [3.05, 3.63) is 51.1 Å². The highest BCUT2D eigenvalue weighted by molar-refractivity contribution is 5.56. The fraction of sp³-hybridized carbons (Fsp3) is 0.0833. The highest BCUT2D eigenvalue weighted by Gasteiger charge is 1.99. The maximum atomic E-state index is 11.3. The zero-order valence-corrected chi connectivity index (χ0v) is 8.82. The summed E-state index contributed by atoms with van der Waals surface area (Å²) in [5.41, 5.74) is 0.612. The molecule has 1 aromatic heterocycles. The van der Waals surface area contributed by atoms with Gasteiger partial charge in [-0.15, -0.1) is 0 Å². The summed E-state index contributed by atoms with van der Waals surface area (Å²) in [7, 11) is 1.58. The molecule has 2 rings (SSSR count). The summed E-state index contributed by atoms with van der Waals surface area (Å²) in [5, 5.41) is 0.356. The van der Waals surface area contributed by atoms with Crippen LogP contribution in [0, 0.1) is 0 Å². The number of H-pyrrole nitrogens is 1. The maximum absolute atomic E-state index is 11.3. The van der Waals surface area contributed by atoms with E-state index in [0.29, 0.717) is 11.1 Å². The highest BCUT2D eigenvalue weighted by atomic mass is 16.5. The van der Waals surface area contributed by atoms with Crippen LogP contribution in [0.2, 0.25) is 0 Å². The minimum atomic E-state index is -0.434. The quantitative estimate of drug-likeness (QED) is 0.782. The predicted molar refractivity (Wildman–Crippen MR) is 60.7 cm³/mol. The van der Waals surface area contributed by atoms with Crippen LogP contribution in [-0.4, -0.2) is 12.1 Å². The second-order valence-electron chi connectivity index (χ2n) is 3.24. The molecule has 0 unspecified atom stereocenters. The molecule has 0 aliphatic rings. The van der Waals surface area contributed by atoms with Gasteiger partial charge in [0.05, 0.1) is 7.11 Å². The molecule has 0 bridgehead atoms. The Morgan fingerprint density at radius 1 is 1.44 bits per heavy atom. The summed E-state index contributed by atoms with van der Waals surface area (Å²) in [5.74, 6) is 0.696. The van der Waals surface area contributed by atoms with Gasteiger partial charge in [0, 0.05) is 5.56 Å². The number of aromatic nitrogens is 1. The molecule has 0 aliphatic heterocycles. The molecule has 4 heteroatoms. The van der Waals surface area contributed by atoms with E-state index in [1.165, 1.54) is 0 Å². The molecule has 0 spiro atoms. The highest BCUT2D eigenvalue weighted by Crippen LogP contribution is 2.17. The Balaban J connectivity index is 2.63. The van der Waals surface area contributed by atoms with Crippen LogP contribution in [0.4, 0.5) is 0 Å². The summed E-state index contributed by atoms with van der Waals surface area (Å²) in [6.45, 7) is 3.51. The van der Waals surface area contributed by atoms with Crippen LogP contribution in [0.5, 0.6) is 5.75 Å². The van der Waals surface area contributed by atoms with Crippen LogP contribution in [0.25, 0.3) is 12.7 Å². The van der Waals surface area contributed by atoms with E-state index in [9.17, 15) is 4.79 Å². The molecule has 0 aliphatic carbocycles. The molecule has 1 aromatic carbocycles.